The number of carbonyl (C=O) groups excluding carboxylic acids is 2. The summed E-state index contributed by atoms with van der Waals surface area (Å²) < 4.78 is 10.7. The van der Waals surface area contributed by atoms with Crippen LogP contribution in [0.25, 0.3) is 11.1 Å². The second-order valence-corrected chi connectivity index (χ2v) is 8.49. The molecule has 33 heavy (non-hydrogen) atoms. The number of benzene rings is 2. The van der Waals surface area contributed by atoms with Crippen LogP contribution < -0.4 is 10.6 Å². The van der Waals surface area contributed by atoms with E-state index in [4.69, 9.17) is 9.47 Å². The zero-order chi connectivity index (χ0) is 23.4. The molecule has 174 valence electrons. The molecule has 1 fully saturated rings. The van der Waals surface area contributed by atoms with Gasteiger partial charge >= 0.3 is 12.1 Å². The van der Waals surface area contributed by atoms with Gasteiger partial charge in [0.05, 0.1) is 6.61 Å². The molecule has 8 heteroatoms. The molecule has 2 aromatic rings. The number of alkyl carbamates (subject to hydrolysis) is 1. The second-order valence-electron chi connectivity index (χ2n) is 8.49. The molecule has 2 amide bonds. The third kappa shape index (κ3) is 4.57. The molecule has 2 atom stereocenters. The lowest BCUT2D eigenvalue weighted by Crippen LogP contribution is -2.59. The number of amides is 2. The van der Waals surface area contributed by atoms with E-state index in [1.54, 1.807) is 0 Å². The first kappa shape index (κ1) is 22.8. The standard InChI is InChI=1S/C25H28N2O6/c1-2-7-21(22(28)27-25(23(29)30)12-13-32-15-25)26-24(31)33-14-20-18-10-5-3-8-16(18)17-9-4-6-11-19(17)20/h3-6,8-11,20-21H,2,7,12-15H2,1H3,(H,26,31)(H,27,28)(H,29,30)/t21-,25?/m0/s1. The van der Waals surface area contributed by atoms with Crippen LogP contribution >= 0.6 is 0 Å². The molecule has 8 nitrogen and oxygen atoms in total. The minimum Gasteiger partial charge on any atom is -0.479 e. The predicted octanol–water partition coefficient (Wildman–Crippen LogP) is 3.05. The van der Waals surface area contributed by atoms with Gasteiger partial charge in [0.1, 0.15) is 12.6 Å². The third-order valence-electron chi connectivity index (χ3n) is 6.32. The van der Waals surface area contributed by atoms with Crippen molar-refractivity contribution >= 4 is 18.0 Å². The van der Waals surface area contributed by atoms with Crippen LogP contribution in [0.5, 0.6) is 0 Å². The average Bonchev–Trinajstić information content (AvgIpc) is 3.41. The van der Waals surface area contributed by atoms with Gasteiger partial charge in [0.2, 0.25) is 5.91 Å². The molecule has 1 saturated heterocycles. The minimum atomic E-state index is -1.47. The van der Waals surface area contributed by atoms with E-state index in [2.05, 4.69) is 22.8 Å². The lowest BCUT2D eigenvalue weighted by Gasteiger charge is -2.27. The fraction of sp³-hybridized carbons (Fsp3) is 0.400. The Kier molecular flexibility index (Phi) is 6.65. The van der Waals surface area contributed by atoms with E-state index in [1.807, 2.05) is 43.3 Å². The second kappa shape index (κ2) is 9.62. The molecule has 2 aliphatic rings. The summed E-state index contributed by atoms with van der Waals surface area (Å²) in [5, 5.41) is 14.7. The van der Waals surface area contributed by atoms with E-state index in [9.17, 15) is 19.5 Å². The summed E-state index contributed by atoms with van der Waals surface area (Å²) in [4.78, 5) is 37.1. The zero-order valence-corrected chi connectivity index (χ0v) is 18.5. The molecule has 1 heterocycles. The highest BCUT2D eigenvalue weighted by molar-refractivity contribution is 5.91. The Morgan fingerprint density at radius 2 is 1.76 bits per heavy atom. The number of rotatable bonds is 8. The Hall–Kier alpha value is -3.39. The van der Waals surface area contributed by atoms with Crippen molar-refractivity contribution in [1.82, 2.24) is 10.6 Å². The Bertz CT molecular complexity index is 1000. The molecule has 0 aromatic heterocycles. The van der Waals surface area contributed by atoms with Crippen LogP contribution in [0.4, 0.5) is 4.79 Å². The van der Waals surface area contributed by atoms with E-state index in [-0.39, 0.29) is 32.2 Å². The van der Waals surface area contributed by atoms with Crippen LogP contribution in [-0.2, 0) is 19.1 Å². The Morgan fingerprint density at radius 1 is 1.12 bits per heavy atom. The van der Waals surface area contributed by atoms with Gasteiger partial charge in [0.25, 0.3) is 0 Å². The van der Waals surface area contributed by atoms with Crippen LogP contribution in [0.1, 0.15) is 43.2 Å². The molecule has 1 unspecified atom stereocenters. The number of nitrogens with one attached hydrogen (secondary N) is 2. The molecule has 1 aliphatic heterocycles. The maximum absolute atomic E-state index is 12.8. The summed E-state index contributed by atoms with van der Waals surface area (Å²) in [6, 6.07) is 15.2. The fourth-order valence-electron chi connectivity index (χ4n) is 4.55. The number of hydrogen-bond donors (Lipinski definition) is 3. The molecule has 0 bridgehead atoms. The summed E-state index contributed by atoms with van der Waals surface area (Å²) in [7, 11) is 0. The monoisotopic (exact) mass is 452 g/mol. The number of carbonyl (C=O) groups is 3. The first-order chi connectivity index (χ1) is 15.9. The van der Waals surface area contributed by atoms with E-state index >= 15 is 0 Å². The van der Waals surface area contributed by atoms with E-state index in [0.29, 0.717) is 12.8 Å². The van der Waals surface area contributed by atoms with Crippen molar-refractivity contribution < 1.29 is 29.0 Å². The van der Waals surface area contributed by atoms with Gasteiger partial charge in [0, 0.05) is 18.9 Å². The van der Waals surface area contributed by atoms with Crippen LogP contribution in [0.2, 0.25) is 0 Å². The zero-order valence-electron chi connectivity index (χ0n) is 18.5. The molecule has 3 N–H and O–H groups in total. The minimum absolute atomic E-state index is 0.0903. The van der Waals surface area contributed by atoms with Crippen LogP contribution in [0, 0.1) is 0 Å². The molecule has 0 radical (unpaired) electrons. The van der Waals surface area contributed by atoms with Crippen LogP contribution in [-0.4, -0.2) is 54.5 Å². The van der Waals surface area contributed by atoms with Crippen LogP contribution in [0.3, 0.4) is 0 Å². The van der Waals surface area contributed by atoms with Gasteiger partial charge in [-0.1, -0.05) is 61.9 Å². The molecular formula is C25H28N2O6. The number of ether oxygens (including phenoxy) is 2. The van der Waals surface area contributed by atoms with E-state index < -0.39 is 29.6 Å². The fourth-order valence-corrected chi connectivity index (χ4v) is 4.55. The normalized spacial score (nSPS) is 19.9. The number of fused-ring (bicyclic) bond motifs is 3. The molecule has 0 saturated carbocycles. The van der Waals surface area contributed by atoms with Crippen LogP contribution in [0.15, 0.2) is 48.5 Å². The number of aliphatic carboxylic acids is 1. The van der Waals surface area contributed by atoms with Crippen molar-refractivity contribution in [3.8, 4) is 11.1 Å². The summed E-state index contributed by atoms with van der Waals surface area (Å²) in [5.41, 5.74) is 2.98. The summed E-state index contributed by atoms with van der Waals surface area (Å²) >= 11 is 0. The molecular weight excluding hydrogens is 424 g/mol. The quantitative estimate of drug-likeness (QED) is 0.567. The number of carboxylic acid groups (broad SMARTS) is 1. The van der Waals surface area contributed by atoms with Crippen molar-refractivity contribution in [3.63, 3.8) is 0 Å². The third-order valence-corrected chi connectivity index (χ3v) is 6.32. The SMILES string of the molecule is CCC[C@H](NC(=O)OCC1c2ccccc2-c2ccccc21)C(=O)NC1(C(=O)O)CCOC1. The van der Waals surface area contributed by atoms with Gasteiger partial charge in [-0.05, 0) is 28.7 Å². The molecule has 4 rings (SSSR count). The van der Waals surface area contributed by atoms with E-state index in [1.165, 1.54) is 0 Å². The van der Waals surface area contributed by atoms with Gasteiger partial charge in [-0.15, -0.1) is 0 Å². The highest BCUT2D eigenvalue weighted by Crippen LogP contribution is 2.44. The predicted molar refractivity (Wildman–Crippen MR) is 121 cm³/mol. The molecule has 0 spiro atoms. The van der Waals surface area contributed by atoms with Crippen molar-refractivity contribution in [2.24, 2.45) is 0 Å². The van der Waals surface area contributed by atoms with Gasteiger partial charge in [-0.3, -0.25) is 4.79 Å². The van der Waals surface area contributed by atoms with Gasteiger partial charge < -0.3 is 25.2 Å². The number of hydrogen-bond acceptors (Lipinski definition) is 5. The molecule has 2 aromatic carbocycles. The smallest absolute Gasteiger partial charge is 0.407 e. The maximum atomic E-state index is 12.8. The number of carboxylic acids is 1. The maximum Gasteiger partial charge on any atom is 0.407 e. The van der Waals surface area contributed by atoms with Gasteiger partial charge in [0.15, 0.2) is 5.54 Å². The van der Waals surface area contributed by atoms with Crippen molar-refractivity contribution in [2.45, 2.75) is 43.7 Å². The Balaban J connectivity index is 1.41. The van der Waals surface area contributed by atoms with Gasteiger partial charge in [-0.2, -0.15) is 0 Å². The largest absolute Gasteiger partial charge is 0.479 e. The Morgan fingerprint density at radius 3 is 2.30 bits per heavy atom. The average molecular weight is 453 g/mol. The van der Waals surface area contributed by atoms with Gasteiger partial charge in [-0.25, -0.2) is 9.59 Å². The summed E-state index contributed by atoms with van der Waals surface area (Å²) in [6.45, 7) is 2.17. The highest BCUT2D eigenvalue weighted by Gasteiger charge is 2.45. The molecule has 1 aliphatic carbocycles. The summed E-state index contributed by atoms with van der Waals surface area (Å²) in [6.07, 6.45) is 0.445. The Labute approximate surface area is 192 Å². The lowest BCUT2D eigenvalue weighted by molar-refractivity contribution is -0.148. The van der Waals surface area contributed by atoms with E-state index in [0.717, 1.165) is 22.3 Å². The lowest BCUT2D eigenvalue weighted by atomic mass is 9.98. The van der Waals surface area contributed by atoms with Crippen molar-refractivity contribution in [1.29, 1.82) is 0 Å². The first-order valence-electron chi connectivity index (χ1n) is 11.2. The summed E-state index contributed by atoms with van der Waals surface area (Å²) in [5.74, 6) is -1.80. The first-order valence-corrected chi connectivity index (χ1v) is 11.2. The van der Waals surface area contributed by atoms with Crippen molar-refractivity contribution in [3.05, 3.63) is 59.7 Å². The highest BCUT2D eigenvalue weighted by atomic mass is 16.5. The van der Waals surface area contributed by atoms with Crippen molar-refractivity contribution in [2.75, 3.05) is 19.8 Å². The topological polar surface area (TPSA) is 114 Å².